The van der Waals surface area contributed by atoms with Crippen molar-refractivity contribution in [1.82, 2.24) is 0 Å². The minimum Gasteiger partial charge on any atom is -0.456 e. The third-order valence-corrected chi connectivity index (χ3v) is 15.7. The van der Waals surface area contributed by atoms with Crippen LogP contribution in [0.5, 0.6) is 0 Å². The number of para-hydroxylation sites is 4. The van der Waals surface area contributed by atoms with Crippen LogP contribution in [0.2, 0.25) is 0 Å². The summed E-state index contributed by atoms with van der Waals surface area (Å²) in [5, 5.41) is 4.48. The van der Waals surface area contributed by atoms with Gasteiger partial charge in [0.1, 0.15) is 22.7 Å². The van der Waals surface area contributed by atoms with Gasteiger partial charge in [0.15, 0.2) is 0 Å². The number of benzene rings is 10. The Kier molecular flexibility index (Phi) is 9.25. The number of hydrogen-bond donors (Lipinski definition) is 0. The first-order valence-electron chi connectivity index (χ1n) is 25.0. The van der Waals surface area contributed by atoms with Crippen LogP contribution >= 0.6 is 0 Å². The van der Waals surface area contributed by atoms with E-state index in [1.54, 1.807) is 0 Å². The number of nitrogens with zero attached hydrogens (tertiary/aromatic N) is 2. The summed E-state index contributed by atoms with van der Waals surface area (Å²) in [5.74, 6) is 1.73. The second-order valence-electron chi connectivity index (χ2n) is 20.5. The summed E-state index contributed by atoms with van der Waals surface area (Å²) in [6, 6.07) is 83.2. The van der Waals surface area contributed by atoms with E-state index in [1.165, 1.54) is 44.5 Å². The summed E-state index contributed by atoms with van der Waals surface area (Å²) in [7, 11) is 0. The van der Waals surface area contributed by atoms with Crippen LogP contribution in [0, 0.1) is 0 Å². The van der Waals surface area contributed by atoms with Gasteiger partial charge in [-0.25, -0.2) is 0 Å². The first kappa shape index (κ1) is 42.1. The molecule has 0 fully saturated rings. The molecule has 0 saturated heterocycles. The molecule has 2 aliphatic rings. The maximum atomic E-state index is 6.72. The third-order valence-electron chi connectivity index (χ3n) is 15.7. The molecule has 2 aromatic heterocycles. The zero-order valence-corrected chi connectivity index (χ0v) is 40.7. The van der Waals surface area contributed by atoms with Crippen molar-refractivity contribution in [2.24, 2.45) is 0 Å². The Hall–Kier alpha value is -8.86. The van der Waals surface area contributed by atoms with E-state index in [-0.39, 0.29) is 10.8 Å². The zero-order chi connectivity index (χ0) is 48.3. The summed E-state index contributed by atoms with van der Waals surface area (Å²) < 4.78 is 13.4. The molecule has 0 spiro atoms. The maximum absolute atomic E-state index is 6.72. The molecule has 12 aromatic rings. The Morgan fingerprint density at radius 3 is 0.944 bits per heavy atom. The Labute approximate surface area is 419 Å². The average Bonchev–Trinajstić information content (AvgIpc) is 4.17. The van der Waals surface area contributed by atoms with Crippen molar-refractivity contribution in [3.05, 3.63) is 253 Å². The van der Waals surface area contributed by atoms with Crippen LogP contribution in [-0.4, -0.2) is 0 Å². The Balaban J connectivity index is 0.781. The van der Waals surface area contributed by atoms with Gasteiger partial charge in [-0.15, -0.1) is 0 Å². The molecule has 14 rings (SSSR count). The third kappa shape index (κ3) is 6.45. The van der Waals surface area contributed by atoms with Crippen LogP contribution in [-0.2, 0) is 10.8 Å². The van der Waals surface area contributed by atoms with Gasteiger partial charge >= 0.3 is 0 Å². The number of anilines is 6. The molecule has 0 radical (unpaired) electrons. The highest BCUT2D eigenvalue weighted by atomic mass is 16.3. The second-order valence-corrected chi connectivity index (χ2v) is 20.5. The molecule has 72 heavy (non-hydrogen) atoms. The molecule has 0 saturated carbocycles. The fraction of sp³-hybridized carbons (Fsp3) is 0.0882. The zero-order valence-electron chi connectivity index (χ0n) is 40.7. The van der Waals surface area contributed by atoms with Crippen LogP contribution in [0.4, 0.5) is 34.1 Å². The van der Waals surface area contributed by atoms with Gasteiger partial charge in [-0.3, -0.25) is 0 Å². The van der Waals surface area contributed by atoms with Crippen molar-refractivity contribution >= 4 is 66.8 Å². The van der Waals surface area contributed by atoms with E-state index in [0.29, 0.717) is 0 Å². The first-order chi connectivity index (χ1) is 35.2. The minimum absolute atomic E-state index is 0.228. The molecule has 2 aliphatic carbocycles. The van der Waals surface area contributed by atoms with Crippen molar-refractivity contribution in [2.45, 2.75) is 38.5 Å². The van der Waals surface area contributed by atoms with Crippen LogP contribution in [0.1, 0.15) is 49.9 Å². The van der Waals surface area contributed by atoms with Crippen LogP contribution in [0.15, 0.2) is 239 Å². The molecule has 0 aliphatic heterocycles. The minimum atomic E-state index is -0.228. The maximum Gasteiger partial charge on any atom is 0.135 e. The Bertz CT molecular complexity index is 3740. The van der Waals surface area contributed by atoms with E-state index < -0.39 is 0 Å². The number of fused-ring (bicyclic) bond motifs is 11. The lowest BCUT2D eigenvalue weighted by molar-refractivity contribution is 0.629. The number of rotatable bonds is 8. The number of hydrogen-bond acceptors (Lipinski definition) is 4. The van der Waals surface area contributed by atoms with Crippen LogP contribution in [0.3, 0.4) is 0 Å². The highest BCUT2D eigenvalue weighted by Gasteiger charge is 2.38. The van der Waals surface area contributed by atoms with E-state index in [2.05, 4.69) is 268 Å². The summed E-state index contributed by atoms with van der Waals surface area (Å²) in [5.41, 5.74) is 20.6. The lowest BCUT2D eigenvalue weighted by Crippen LogP contribution is -2.16. The number of furan rings is 2. The largest absolute Gasteiger partial charge is 0.456 e. The van der Waals surface area contributed by atoms with E-state index >= 15 is 0 Å². The topological polar surface area (TPSA) is 32.8 Å². The van der Waals surface area contributed by atoms with Gasteiger partial charge in [-0.1, -0.05) is 137 Å². The molecule has 0 amide bonds. The predicted molar refractivity (Wildman–Crippen MR) is 299 cm³/mol. The SMILES string of the molecule is CC1(C)c2cc(-c3cc4c(ccc5c6cc(-c7ccc8c(c7)C(C)(C)c7cc(N(c9ccccc9)c9ccccc9)ccc7-8)oc6ccc45)o3)ccc2-c2ccc(N(c3ccccc3)c3ccccc3)cc21. The van der Waals surface area contributed by atoms with Crippen molar-refractivity contribution in [2.75, 3.05) is 9.80 Å². The van der Waals surface area contributed by atoms with Crippen molar-refractivity contribution < 1.29 is 8.83 Å². The average molecular weight is 927 g/mol. The monoisotopic (exact) mass is 926 g/mol. The quantitative estimate of drug-likeness (QED) is 0.152. The fourth-order valence-corrected chi connectivity index (χ4v) is 12.0. The Morgan fingerprint density at radius 2 is 0.597 bits per heavy atom. The summed E-state index contributed by atoms with van der Waals surface area (Å²) in [4.78, 5) is 4.69. The normalized spacial score (nSPS) is 13.8. The van der Waals surface area contributed by atoms with E-state index in [4.69, 9.17) is 8.83 Å². The van der Waals surface area contributed by atoms with E-state index in [0.717, 1.165) is 89.5 Å². The molecule has 2 heterocycles. The van der Waals surface area contributed by atoms with Crippen LogP contribution < -0.4 is 9.80 Å². The van der Waals surface area contributed by atoms with Gasteiger partial charge in [0, 0.05) is 66.9 Å². The smallest absolute Gasteiger partial charge is 0.135 e. The fourth-order valence-electron chi connectivity index (χ4n) is 12.0. The van der Waals surface area contributed by atoms with Crippen molar-refractivity contribution in [3.63, 3.8) is 0 Å². The molecule has 0 unspecified atom stereocenters. The molecule has 4 heteroatoms. The standard InChI is InChI=1S/C68H50N2O2/c1-67(2)59-37-43(25-29-53(59)55-31-27-49(39-61(55)67)69(45-17-9-5-10-18-45)46-19-11-6-12-20-46)65-41-57-51-34-36-64-58(52(51)33-35-63(57)71-65)42-66(72-64)44-26-30-54-56-32-28-50(40-62(56)68(3,4)60(54)38-44)70(47-21-13-7-14-22-47)48-23-15-8-16-24-48/h5-42H,1-4H3. The highest BCUT2D eigenvalue weighted by molar-refractivity contribution is 6.17. The van der Waals surface area contributed by atoms with Crippen LogP contribution in [0.25, 0.3) is 77.6 Å². The second kappa shape index (κ2) is 15.8. The van der Waals surface area contributed by atoms with Gasteiger partial charge in [-0.05, 0) is 177 Å². The summed E-state index contributed by atoms with van der Waals surface area (Å²) in [6.07, 6.45) is 0. The molecule has 0 bridgehead atoms. The van der Waals surface area contributed by atoms with Gasteiger partial charge in [-0.2, -0.15) is 0 Å². The lowest BCUT2D eigenvalue weighted by Gasteiger charge is -2.28. The molecule has 10 aromatic carbocycles. The molecule has 344 valence electrons. The Morgan fingerprint density at radius 1 is 0.278 bits per heavy atom. The molecular weight excluding hydrogens is 877 g/mol. The van der Waals surface area contributed by atoms with Crippen molar-refractivity contribution in [1.29, 1.82) is 0 Å². The highest BCUT2D eigenvalue weighted by Crippen LogP contribution is 2.54. The van der Waals surface area contributed by atoms with E-state index in [9.17, 15) is 0 Å². The van der Waals surface area contributed by atoms with Gasteiger partial charge in [0.2, 0.25) is 0 Å². The van der Waals surface area contributed by atoms with Gasteiger partial charge in [0.05, 0.1) is 0 Å². The molecular formula is C68H50N2O2. The molecule has 0 atom stereocenters. The predicted octanol–water partition coefficient (Wildman–Crippen LogP) is 19.2. The van der Waals surface area contributed by atoms with E-state index in [1.807, 2.05) is 0 Å². The first-order valence-corrected chi connectivity index (χ1v) is 25.0. The summed E-state index contributed by atoms with van der Waals surface area (Å²) >= 11 is 0. The van der Waals surface area contributed by atoms with Crippen molar-refractivity contribution in [3.8, 4) is 44.9 Å². The van der Waals surface area contributed by atoms with Gasteiger partial charge in [0.25, 0.3) is 0 Å². The molecule has 0 N–H and O–H groups in total. The lowest BCUT2D eigenvalue weighted by atomic mass is 9.81. The van der Waals surface area contributed by atoms with Gasteiger partial charge < -0.3 is 18.6 Å². The molecule has 4 nitrogen and oxygen atoms in total. The summed E-state index contributed by atoms with van der Waals surface area (Å²) in [6.45, 7) is 9.40.